The second kappa shape index (κ2) is 5.73. The lowest BCUT2D eigenvalue weighted by molar-refractivity contribution is 1.04. The van der Waals surface area contributed by atoms with Crippen LogP contribution in [0, 0.1) is 13.8 Å². The van der Waals surface area contributed by atoms with Gasteiger partial charge in [0.05, 0.1) is 9.52 Å². The summed E-state index contributed by atoms with van der Waals surface area (Å²) in [6.07, 6.45) is 0. The molecule has 0 amide bonds. The van der Waals surface area contributed by atoms with Crippen LogP contribution >= 0.6 is 11.8 Å². The molecular formula is C12H19NSSi. The minimum atomic E-state index is 0.234. The molecule has 0 saturated heterocycles. The third-order valence-corrected chi connectivity index (χ3v) is 5.24. The molecule has 0 heterocycles. The molecular weight excluding hydrogens is 218 g/mol. The first kappa shape index (κ1) is 12.8. The Morgan fingerprint density at radius 3 is 2.53 bits per heavy atom. The fraction of sp³-hybridized carbons (Fsp3) is 0.500. The standard InChI is InChI=1S/C12H19NSSi/c1-8-6-5-7-12(9(8)2)15-11(4)14-10(3)13/h5-7,10-11H,13H2,1-4H3. The molecule has 1 rings (SSSR count). The number of thioether (sulfide) groups is 1. The van der Waals surface area contributed by atoms with Crippen molar-refractivity contribution in [2.24, 2.45) is 5.73 Å². The summed E-state index contributed by atoms with van der Waals surface area (Å²) >= 11 is 1.85. The van der Waals surface area contributed by atoms with Crippen molar-refractivity contribution in [3.8, 4) is 0 Å². The fourth-order valence-corrected chi connectivity index (χ4v) is 4.47. The molecule has 1 aromatic rings. The zero-order chi connectivity index (χ0) is 11.4. The van der Waals surface area contributed by atoms with Gasteiger partial charge in [0.1, 0.15) is 0 Å². The lowest BCUT2D eigenvalue weighted by Gasteiger charge is -2.15. The first-order valence-corrected chi connectivity index (χ1v) is 7.26. The van der Waals surface area contributed by atoms with Gasteiger partial charge in [-0.1, -0.05) is 30.3 Å². The molecule has 0 aliphatic rings. The molecule has 0 saturated carbocycles. The van der Waals surface area contributed by atoms with Gasteiger partial charge in [-0.05, 0) is 36.8 Å². The third kappa shape index (κ3) is 4.01. The van der Waals surface area contributed by atoms with Crippen LogP contribution in [0.25, 0.3) is 0 Å². The van der Waals surface area contributed by atoms with Gasteiger partial charge in [0.15, 0.2) is 0 Å². The van der Waals surface area contributed by atoms with Gasteiger partial charge in [-0.15, -0.1) is 11.8 Å². The van der Waals surface area contributed by atoms with E-state index in [1.807, 2.05) is 11.8 Å². The second-order valence-electron chi connectivity index (χ2n) is 3.88. The summed E-state index contributed by atoms with van der Waals surface area (Å²) in [7, 11) is 0.849. The molecule has 3 heteroatoms. The Bertz CT molecular complexity index is 325. The fourth-order valence-electron chi connectivity index (χ4n) is 1.48. The molecule has 2 atom stereocenters. The smallest absolute Gasteiger partial charge is 0.0965 e. The second-order valence-corrected chi connectivity index (χ2v) is 7.71. The van der Waals surface area contributed by atoms with E-state index in [9.17, 15) is 0 Å². The maximum atomic E-state index is 5.78. The number of hydrogen-bond acceptors (Lipinski definition) is 2. The molecule has 0 aliphatic heterocycles. The van der Waals surface area contributed by atoms with Crippen molar-refractivity contribution < 1.29 is 0 Å². The van der Waals surface area contributed by atoms with Crippen LogP contribution in [0.4, 0.5) is 0 Å². The molecule has 0 fully saturated rings. The highest BCUT2D eigenvalue weighted by molar-refractivity contribution is 8.01. The minimum absolute atomic E-state index is 0.234. The highest BCUT2D eigenvalue weighted by atomic mass is 32.2. The van der Waals surface area contributed by atoms with Crippen molar-refractivity contribution in [1.82, 2.24) is 0 Å². The van der Waals surface area contributed by atoms with Crippen molar-refractivity contribution in [2.75, 3.05) is 0 Å². The number of rotatable bonds is 4. The zero-order valence-corrected chi connectivity index (χ0v) is 11.7. The predicted molar refractivity (Wildman–Crippen MR) is 72.0 cm³/mol. The van der Waals surface area contributed by atoms with Gasteiger partial charge in [0.2, 0.25) is 0 Å². The molecule has 2 unspecified atom stereocenters. The number of nitrogens with two attached hydrogens (primary N) is 1. The quantitative estimate of drug-likeness (QED) is 0.640. The van der Waals surface area contributed by atoms with Crippen LogP contribution in [0.15, 0.2) is 18.2 Å². The van der Waals surface area contributed by atoms with E-state index in [0.717, 1.165) is 9.52 Å². The first-order chi connectivity index (χ1) is 7.00. The summed E-state index contributed by atoms with van der Waals surface area (Å²) in [6, 6.07) is 6.56. The van der Waals surface area contributed by atoms with E-state index in [1.54, 1.807) is 0 Å². The highest BCUT2D eigenvalue weighted by Gasteiger charge is 2.10. The Morgan fingerprint density at radius 2 is 1.93 bits per heavy atom. The Labute approximate surface area is 99.7 Å². The van der Waals surface area contributed by atoms with Crippen LogP contribution in [0.3, 0.4) is 0 Å². The normalized spacial score (nSPS) is 15.0. The molecule has 1 nitrogen and oxygen atoms in total. The van der Waals surface area contributed by atoms with Crippen LogP contribution in [0.1, 0.15) is 25.0 Å². The monoisotopic (exact) mass is 237 g/mol. The number of hydrogen-bond donors (Lipinski definition) is 1. The molecule has 82 valence electrons. The highest BCUT2D eigenvalue weighted by Crippen LogP contribution is 2.13. The van der Waals surface area contributed by atoms with E-state index < -0.39 is 0 Å². The van der Waals surface area contributed by atoms with Crippen LogP contribution in [-0.2, 0) is 0 Å². The van der Waals surface area contributed by atoms with E-state index in [0.29, 0.717) is 4.87 Å². The Balaban J connectivity index is 2.68. The molecule has 2 N–H and O–H groups in total. The molecule has 2 radical (unpaired) electrons. The van der Waals surface area contributed by atoms with Crippen LogP contribution in [-0.4, -0.2) is 19.8 Å². The summed E-state index contributed by atoms with van der Waals surface area (Å²) in [6.45, 7) is 8.69. The summed E-state index contributed by atoms with van der Waals surface area (Å²) in [5.74, 6) is 0. The van der Waals surface area contributed by atoms with Crippen molar-refractivity contribution >= 4 is 26.5 Å². The maximum Gasteiger partial charge on any atom is 0.0965 e. The number of benzene rings is 1. The van der Waals surface area contributed by atoms with E-state index in [4.69, 9.17) is 5.73 Å². The first-order valence-electron chi connectivity index (χ1n) is 5.24. The van der Waals surface area contributed by atoms with Gasteiger partial charge < -0.3 is 5.73 Å². The van der Waals surface area contributed by atoms with Crippen LogP contribution in [0.2, 0.25) is 0 Å². The van der Waals surface area contributed by atoms with Crippen molar-refractivity contribution in [1.29, 1.82) is 0 Å². The lowest BCUT2D eigenvalue weighted by Crippen LogP contribution is -2.28. The summed E-state index contributed by atoms with van der Waals surface area (Å²) in [4.78, 5) is 0.616. The van der Waals surface area contributed by atoms with Gasteiger partial charge in [-0.2, -0.15) is 0 Å². The Hall–Kier alpha value is -0.253. The topological polar surface area (TPSA) is 26.0 Å². The summed E-state index contributed by atoms with van der Waals surface area (Å²) in [5, 5.41) is 1.72. The minimum Gasteiger partial charge on any atom is -0.320 e. The molecule has 15 heavy (non-hydrogen) atoms. The maximum absolute atomic E-state index is 5.78. The Morgan fingerprint density at radius 1 is 1.27 bits per heavy atom. The van der Waals surface area contributed by atoms with Crippen molar-refractivity contribution in [3.63, 3.8) is 0 Å². The zero-order valence-electron chi connectivity index (χ0n) is 9.87. The van der Waals surface area contributed by atoms with E-state index in [1.165, 1.54) is 16.3 Å². The van der Waals surface area contributed by atoms with E-state index in [2.05, 4.69) is 45.9 Å². The van der Waals surface area contributed by atoms with Crippen molar-refractivity contribution in [3.05, 3.63) is 29.3 Å². The van der Waals surface area contributed by atoms with Crippen LogP contribution < -0.4 is 10.9 Å². The molecule has 1 aromatic carbocycles. The molecule has 0 bridgehead atoms. The Kier molecular flexibility index (Phi) is 4.89. The average Bonchev–Trinajstić information content (AvgIpc) is 2.11. The van der Waals surface area contributed by atoms with Crippen LogP contribution in [0.5, 0.6) is 0 Å². The molecule has 0 spiro atoms. The number of aryl methyl sites for hydroxylation is 1. The van der Waals surface area contributed by atoms with E-state index >= 15 is 0 Å². The van der Waals surface area contributed by atoms with Gasteiger partial charge in [-0.25, -0.2) is 0 Å². The van der Waals surface area contributed by atoms with Gasteiger partial charge in [0.25, 0.3) is 0 Å². The van der Waals surface area contributed by atoms with E-state index in [-0.39, 0.29) is 5.37 Å². The van der Waals surface area contributed by atoms with Gasteiger partial charge in [-0.3, -0.25) is 0 Å². The summed E-state index contributed by atoms with van der Waals surface area (Å²) in [5.41, 5.74) is 8.61. The van der Waals surface area contributed by atoms with Gasteiger partial charge >= 0.3 is 0 Å². The third-order valence-electron chi connectivity index (χ3n) is 2.38. The molecule has 0 aliphatic carbocycles. The predicted octanol–water partition coefficient (Wildman–Crippen LogP) is 2.02. The van der Waals surface area contributed by atoms with Gasteiger partial charge in [0, 0.05) is 5.37 Å². The SMILES string of the molecule is Cc1cccc([Si]C(C)SC(C)N)c1C. The van der Waals surface area contributed by atoms with Crippen molar-refractivity contribution in [2.45, 2.75) is 37.9 Å². The average molecular weight is 237 g/mol. The summed E-state index contributed by atoms with van der Waals surface area (Å²) < 4.78 is 0. The lowest BCUT2D eigenvalue weighted by atomic mass is 10.1. The largest absolute Gasteiger partial charge is 0.320 e. The molecule has 0 aromatic heterocycles.